The van der Waals surface area contributed by atoms with E-state index < -0.39 is 0 Å². The molecule has 1 aromatic heterocycles. The second kappa shape index (κ2) is 3.58. The molecule has 0 aliphatic heterocycles. The zero-order valence-corrected chi connectivity index (χ0v) is 7.26. The fraction of sp³-hybridized carbons (Fsp3) is 0.556. The van der Waals surface area contributed by atoms with Crippen molar-refractivity contribution in [1.29, 1.82) is 0 Å². The number of hydrogen-bond donors (Lipinski definition) is 0. The molecule has 11 heavy (non-hydrogen) atoms. The van der Waals surface area contributed by atoms with Gasteiger partial charge in [0, 0.05) is 13.5 Å². The van der Waals surface area contributed by atoms with Crippen molar-refractivity contribution in [1.82, 2.24) is 0 Å². The van der Waals surface area contributed by atoms with Gasteiger partial charge in [0.2, 0.25) is 0 Å². The summed E-state index contributed by atoms with van der Waals surface area (Å²) in [5, 5.41) is 0. The third kappa shape index (κ3) is 2.09. The lowest BCUT2D eigenvalue weighted by atomic mass is 10.2. The van der Waals surface area contributed by atoms with Crippen molar-refractivity contribution in [2.75, 3.05) is 7.11 Å². The maximum atomic E-state index is 5.26. The molecule has 62 valence electrons. The molecule has 0 saturated heterocycles. The van der Waals surface area contributed by atoms with Gasteiger partial charge in [-0.3, -0.25) is 0 Å². The van der Waals surface area contributed by atoms with Crippen LogP contribution in [0.15, 0.2) is 16.7 Å². The van der Waals surface area contributed by atoms with Crippen molar-refractivity contribution in [2.24, 2.45) is 0 Å². The second-order valence-corrected chi connectivity index (χ2v) is 2.78. The summed E-state index contributed by atoms with van der Waals surface area (Å²) in [5.74, 6) is 1.03. The van der Waals surface area contributed by atoms with E-state index in [4.69, 9.17) is 9.15 Å². The third-order valence-corrected chi connectivity index (χ3v) is 1.84. The van der Waals surface area contributed by atoms with E-state index in [0.29, 0.717) is 0 Å². The summed E-state index contributed by atoms with van der Waals surface area (Å²) in [6, 6.07) is 1.97. The van der Waals surface area contributed by atoms with E-state index in [2.05, 4.69) is 0 Å². The Labute approximate surface area is 67.2 Å². The molecule has 0 aliphatic rings. The highest BCUT2D eigenvalue weighted by molar-refractivity contribution is 5.14. The predicted octanol–water partition coefficient (Wildman–Crippen LogP) is 2.17. The molecule has 0 fully saturated rings. The molecule has 0 spiro atoms. The van der Waals surface area contributed by atoms with E-state index >= 15 is 0 Å². The highest BCUT2D eigenvalue weighted by atomic mass is 16.5. The zero-order valence-electron chi connectivity index (χ0n) is 7.26. The molecule has 1 aromatic rings. The van der Waals surface area contributed by atoms with Crippen LogP contribution in [0.1, 0.15) is 18.2 Å². The first-order valence-electron chi connectivity index (χ1n) is 3.79. The first-order valence-corrected chi connectivity index (χ1v) is 3.79. The number of hydrogen-bond acceptors (Lipinski definition) is 2. The van der Waals surface area contributed by atoms with Crippen LogP contribution in [0, 0.1) is 6.92 Å². The van der Waals surface area contributed by atoms with Crippen LogP contribution in [0.4, 0.5) is 0 Å². The van der Waals surface area contributed by atoms with E-state index in [-0.39, 0.29) is 6.10 Å². The molecule has 2 heteroatoms. The van der Waals surface area contributed by atoms with Crippen LogP contribution in [0.5, 0.6) is 0 Å². The molecular weight excluding hydrogens is 140 g/mol. The number of furan rings is 1. The van der Waals surface area contributed by atoms with E-state index in [1.807, 2.05) is 19.9 Å². The standard InChI is InChI=1S/C9H14O2/c1-7-4-5-11-9(7)6-8(2)10-3/h4-5,8H,6H2,1-3H3. The van der Waals surface area contributed by atoms with Gasteiger partial charge >= 0.3 is 0 Å². The summed E-state index contributed by atoms with van der Waals surface area (Å²) in [5.41, 5.74) is 1.20. The molecule has 0 bridgehead atoms. The molecule has 1 rings (SSSR count). The van der Waals surface area contributed by atoms with Crippen molar-refractivity contribution in [2.45, 2.75) is 26.4 Å². The van der Waals surface area contributed by atoms with E-state index in [1.165, 1.54) is 5.56 Å². The lowest BCUT2D eigenvalue weighted by Crippen LogP contribution is -2.08. The molecule has 1 unspecified atom stereocenters. The molecule has 1 atom stereocenters. The van der Waals surface area contributed by atoms with Crippen LogP contribution >= 0.6 is 0 Å². The summed E-state index contributed by atoms with van der Waals surface area (Å²) in [6.07, 6.45) is 2.81. The molecule has 1 heterocycles. The van der Waals surface area contributed by atoms with Gasteiger partial charge in [-0.05, 0) is 25.5 Å². The van der Waals surface area contributed by atoms with E-state index in [1.54, 1.807) is 13.4 Å². The Morgan fingerprint density at radius 2 is 2.36 bits per heavy atom. The minimum absolute atomic E-state index is 0.236. The van der Waals surface area contributed by atoms with Crippen LogP contribution in [-0.2, 0) is 11.2 Å². The van der Waals surface area contributed by atoms with Gasteiger partial charge < -0.3 is 9.15 Å². The zero-order chi connectivity index (χ0) is 8.27. The molecule has 0 aromatic carbocycles. The quantitative estimate of drug-likeness (QED) is 0.665. The maximum Gasteiger partial charge on any atom is 0.109 e. The Balaban J connectivity index is 2.56. The fourth-order valence-corrected chi connectivity index (χ4v) is 0.958. The van der Waals surface area contributed by atoms with E-state index in [9.17, 15) is 0 Å². The summed E-state index contributed by atoms with van der Waals surface area (Å²) in [4.78, 5) is 0. The highest BCUT2D eigenvalue weighted by Crippen LogP contribution is 2.11. The molecule has 2 nitrogen and oxygen atoms in total. The fourth-order valence-electron chi connectivity index (χ4n) is 0.958. The Morgan fingerprint density at radius 1 is 1.64 bits per heavy atom. The van der Waals surface area contributed by atoms with Crippen LogP contribution in [0.2, 0.25) is 0 Å². The van der Waals surface area contributed by atoms with Crippen LogP contribution in [-0.4, -0.2) is 13.2 Å². The van der Waals surface area contributed by atoms with Gasteiger partial charge in [0.1, 0.15) is 5.76 Å². The summed E-state index contributed by atoms with van der Waals surface area (Å²) >= 11 is 0. The summed E-state index contributed by atoms with van der Waals surface area (Å²) in [6.45, 7) is 4.07. The minimum Gasteiger partial charge on any atom is -0.469 e. The van der Waals surface area contributed by atoms with Crippen molar-refractivity contribution < 1.29 is 9.15 Å². The van der Waals surface area contributed by atoms with E-state index in [0.717, 1.165) is 12.2 Å². The van der Waals surface area contributed by atoms with Gasteiger partial charge in [-0.25, -0.2) is 0 Å². The summed E-state index contributed by atoms with van der Waals surface area (Å²) in [7, 11) is 1.71. The van der Waals surface area contributed by atoms with Crippen LogP contribution in [0.3, 0.4) is 0 Å². The monoisotopic (exact) mass is 154 g/mol. The third-order valence-electron chi connectivity index (χ3n) is 1.84. The lowest BCUT2D eigenvalue weighted by molar-refractivity contribution is 0.113. The van der Waals surface area contributed by atoms with Gasteiger partial charge in [-0.2, -0.15) is 0 Å². The topological polar surface area (TPSA) is 22.4 Å². The number of rotatable bonds is 3. The van der Waals surface area contributed by atoms with Crippen molar-refractivity contribution in [3.05, 3.63) is 23.7 Å². The van der Waals surface area contributed by atoms with Crippen molar-refractivity contribution >= 4 is 0 Å². The van der Waals surface area contributed by atoms with Gasteiger partial charge in [0.15, 0.2) is 0 Å². The Hall–Kier alpha value is -0.760. The Bertz CT molecular complexity index is 215. The number of ether oxygens (including phenoxy) is 1. The van der Waals surface area contributed by atoms with Crippen molar-refractivity contribution in [3.63, 3.8) is 0 Å². The average Bonchev–Trinajstić information content (AvgIpc) is 2.37. The molecule has 0 radical (unpaired) electrons. The molecular formula is C9H14O2. The Morgan fingerprint density at radius 3 is 2.82 bits per heavy atom. The van der Waals surface area contributed by atoms with Crippen molar-refractivity contribution in [3.8, 4) is 0 Å². The van der Waals surface area contributed by atoms with Gasteiger partial charge in [0.05, 0.1) is 12.4 Å². The van der Waals surface area contributed by atoms with Gasteiger partial charge in [-0.15, -0.1) is 0 Å². The maximum absolute atomic E-state index is 5.26. The lowest BCUT2D eigenvalue weighted by Gasteiger charge is -2.06. The predicted molar refractivity (Wildman–Crippen MR) is 43.6 cm³/mol. The average molecular weight is 154 g/mol. The number of methoxy groups -OCH3 is 1. The molecule has 0 amide bonds. The van der Waals surface area contributed by atoms with Gasteiger partial charge in [0.25, 0.3) is 0 Å². The first kappa shape index (κ1) is 8.34. The highest BCUT2D eigenvalue weighted by Gasteiger charge is 2.06. The molecule has 0 aliphatic carbocycles. The minimum atomic E-state index is 0.236. The summed E-state index contributed by atoms with van der Waals surface area (Å²) < 4.78 is 10.4. The molecule has 0 N–H and O–H groups in total. The molecule has 0 saturated carbocycles. The SMILES string of the molecule is COC(C)Cc1occc1C. The van der Waals surface area contributed by atoms with Crippen LogP contribution in [0.25, 0.3) is 0 Å². The first-order chi connectivity index (χ1) is 5.24. The Kier molecular flexibility index (Phi) is 2.71. The largest absolute Gasteiger partial charge is 0.469 e. The second-order valence-electron chi connectivity index (χ2n) is 2.78. The van der Waals surface area contributed by atoms with Crippen LogP contribution < -0.4 is 0 Å². The van der Waals surface area contributed by atoms with Gasteiger partial charge in [-0.1, -0.05) is 0 Å². The normalized spacial score (nSPS) is 13.4. The smallest absolute Gasteiger partial charge is 0.109 e. The number of aryl methyl sites for hydroxylation is 1.